The van der Waals surface area contributed by atoms with Crippen molar-refractivity contribution in [3.63, 3.8) is 0 Å². The molecule has 0 saturated heterocycles. The van der Waals surface area contributed by atoms with Crippen molar-refractivity contribution in [2.24, 2.45) is 0 Å². The van der Waals surface area contributed by atoms with Gasteiger partial charge in [-0.15, -0.1) is 0 Å². The Labute approximate surface area is 158 Å². The number of hydrogen-bond donors (Lipinski definition) is 1. The summed E-state index contributed by atoms with van der Waals surface area (Å²) in [6, 6.07) is 0. The average Bonchev–Trinajstić information content (AvgIpc) is 2.63. The van der Waals surface area contributed by atoms with Crippen LogP contribution in [0.2, 0.25) is 0 Å². The first-order valence-corrected chi connectivity index (χ1v) is 8.78. The highest BCUT2D eigenvalue weighted by Gasteiger charge is 2.20. The van der Waals surface area contributed by atoms with E-state index in [1.807, 2.05) is 38.2 Å². The van der Waals surface area contributed by atoms with Gasteiger partial charge in [0.25, 0.3) is 0 Å². The lowest BCUT2D eigenvalue weighted by Gasteiger charge is -2.16. The third kappa shape index (κ3) is 16.5. The van der Waals surface area contributed by atoms with E-state index in [0.29, 0.717) is 12.8 Å². The van der Waals surface area contributed by atoms with E-state index in [1.165, 1.54) is 0 Å². The molecule has 27 heavy (non-hydrogen) atoms. The lowest BCUT2D eigenvalue weighted by Crippen LogP contribution is -2.31. The zero-order valence-corrected chi connectivity index (χ0v) is 15.8. The van der Waals surface area contributed by atoms with Crippen LogP contribution < -0.4 is 0 Å². The Bertz CT molecular complexity index is 485. The molecule has 0 spiro atoms. The summed E-state index contributed by atoms with van der Waals surface area (Å²) in [5, 5.41) is 8.54. The normalized spacial score (nSPS) is 11.9. The first-order valence-electron chi connectivity index (χ1n) is 8.78. The maximum Gasteiger partial charge on any atom is 0.508 e. The lowest BCUT2D eigenvalue weighted by atomic mass is 10.3. The molecule has 0 fully saturated rings. The predicted molar refractivity (Wildman–Crippen MR) is 95.6 cm³/mol. The van der Waals surface area contributed by atoms with Gasteiger partial charge in [0, 0.05) is 0 Å². The second-order valence-electron chi connectivity index (χ2n) is 5.16. The van der Waals surface area contributed by atoms with Crippen molar-refractivity contribution in [3.05, 3.63) is 24.3 Å². The monoisotopic (exact) mass is 388 g/mol. The Balaban J connectivity index is 4.23. The fourth-order valence-corrected chi connectivity index (χ4v) is 1.64. The van der Waals surface area contributed by atoms with Gasteiger partial charge in [-0.1, -0.05) is 38.2 Å². The number of carbonyl (C=O) groups excluding carboxylic acids is 2. The van der Waals surface area contributed by atoms with Gasteiger partial charge in [-0.2, -0.15) is 0 Å². The van der Waals surface area contributed by atoms with Crippen LogP contribution in [0, 0.1) is 0 Å². The van der Waals surface area contributed by atoms with Crippen molar-refractivity contribution in [2.75, 3.05) is 26.4 Å². The maximum atomic E-state index is 11.6. The van der Waals surface area contributed by atoms with Crippen molar-refractivity contribution in [3.8, 4) is 0 Å². The minimum atomic E-state index is -1.55. The van der Waals surface area contributed by atoms with E-state index in [0.717, 1.165) is 12.8 Å². The molecule has 0 radical (unpaired) electrons. The van der Waals surface area contributed by atoms with Crippen LogP contribution in [-0.4, -0.2) is 56.1 Å². The van der Waals surface area contributed by atoms with Gasteiger partial charge >= 0.3 is 18.5 Å². The second kappa shape index (κ2) is 16.7. The molecule has 0 aromatic rings. The second-order valence-corrected chi connectivity index (χ2v) is 5.16. The van der Waals surface area contributed by atoms with Gasteiger partial charge in [0.1, 0.15) is 13.2 Å². The highest BCUT2D eigenvalue weighted by molar-refractivity contribution is 5.61. The smallest absolute Gasteiger partial charge is 0.450 e. The molecule has 1 atom stereocenters. The van der Waals surface area contributed by atoms with Gasteiger partial charge in [0.05, 0.1) is 13.2 Å². The Hall–Kier alpha value is -2.71. The molecule has 0 amide bonds. The van der Waals surface area contributed by atoms with E-state index < -0.39 is 37.8 Å². The maximum absolute atomic E-state index is 11.6. The van der Waals surface area contributed by atoms with Crippen LogP contribution in [0.4, 0.5) is 14.4 Å². The molecule has 9 heteroatoms. The SMILES string of the molecule is CCC=CCCOC(=O)OC(COC(=O)O)COC(=O)OCC/C=C\CC. The zero-order chi connectivity index (χ0) is 20.3. The van der Waals surface area contributed by atoms with Crippen LogP contribution in [0.15, 0.2) is 24.3 Å². The molecule has 0 aromatic heterocycles. The quantitative estimate of drug-likeness (QED) is 0.215. The van der Waals surface area contributed by atoms with Crippen molar-refractivity contribution in [1.82, 2.24) is 0 Å². The third-order valence-corrected chi connectivity index (χ3v) is 2.86. The van der Waals surface area contributed by atoms with Crippen molar-refractivity contribution in [1.29, 1.82) is 0 Å². The lowest BCUT2D eigenvalue weighted by molar-refractivity contribution is -0.0412. The number of rotatable bonds is 13. The van der Waals surface area contributed by atoms with Crippen LogP contribution in [0.3, 0.4) is 0 Å². The fraction of sp³-hybridized carbons (Fsp3) is 0.611. The minimum absolute atomic E-state index is 0.107. The van der Waals surface area contributed by atoms with E-state index in [1.54, 1.807) is 0 Å². The summed E-state index contributed by atoms with van der Waals surface area (Å²) >= 11 is 0. The van der Waals surface area contributed by atoms with E-state index in [4.69, 9.17) is 24.1 Å². The molecule has 0 aromatic carbocycles. The fourth-order valence-electron chi connectivity index (χ4n) is 1.64. The van der Waals surface area contributed by atoms with Crippen molar-refractivity contribution >= 4 is 18.5 Å². The van der Waals surface area contributed by atoms with Gasteiger partial charge < -0.3 is 28.8 Å². The Morgan fingerprint density at radius 1 is 0.778 bits per heavy atom. The van der Waals surface area contributed by atoms with Crippen LogP contribution in [-0.2, 0) is 23.7 Å². The van der Waals surface area contributed by atoms with Crippen LogP contribution >= 0.6 is 0 Å². The molecule has 1 N–H and O–H groups in total. The molecule has 0 bridgehead atoms. The summed E-state index contributed by atoms with van der Waals surface area (Å²) in [5.74, 6) is 0. The van der Waals surface area contributed by atoms with Gasteiger partial charge in [0.15, 0.2) is 6.10 Å². The van der Waals surface area contributed by atoms with E-state index in [9.17, 15) is 14.4 Å². The molecular weight excluding hydrogens is 360 g/mol. The van der Waals surface area contributed by atoms with Gasteiger partial charge in [-0.25, -0.2) is 14.4 Å². The summed E-state index contributed by atoms with van der Waals surface area (Å²) in [7, 11) is 0. The molecule has 154 valence electrons. The van der Waals surface area contributed by atoms with Gasteiger partial charge in [-0.05, 0) is 25.7 Å². The zero-order valence-electron chi connectivity index (χ0n) is 15.8. The topological polar surface area (TPSA) is 118 Å². The van der Waals surface area contributed by atoms with E-state index in [2.05, 4.69) is 4.74 Å². The first kappa shape index (κ1) is 24.3. The predicted octanol–water partition coefficient (Wildman–Crippen LogP) is 4.07. The van der Waals surface area contributed by atoms with Gasteiger partial charge in [-0.3, -0.25) is 0 Å². The van der Waals surface area contributed by atoms with Crippen LogP contribution in [0.5, 0.6) is 0 Å². The number of carbonyl (C=O) groups is 3. The van der Waals surface area contributed by atoms with Crippen LogP contribution in [0.1, 0.15) is 39.5 Å². The Morgan fingerprint density at radius 3 is 1.81 bits per heavy atom. The molecule has 0 aliphatic rings. The number of allylic oxidation sites excluding steroid dienone is 2. The Kier molecular flexibility index (Phi) is 15.1. The summed E-state index contributed by atoms with van der Waals surface area (Å²) in [4.78, 5) is 33.6. The molecule has 0 aliphatic heterocycles. The molecule has 0 heterocycles. The van der Waals surface area contributed by atoms with Gasteiger partial charge in [0.2, 0.25) is 0 Å². The summed E-state index contributed by atoms with van der Waals surface area (Å²) < 4.78 is 23.7. The number of hydrogen-bond acceptors (Lipinski definition) is 8. The van der Waals surface area contributed by atoms with E-state index >= 15 is 0 Å². The average molecular weight is 388 g/mol. The molecule has 1 unspecified atom stereocenters. The van der Waals surface area contributed by atoms with Crippen molar-refractivity contribution < 1.29 is 43.2 Å². The largest absolute Gasteiger partial charge is 0.508 e. The summed E-state index contributed by atoms with van der Waals surface area (Å²) in [5.41, 5.74) is 0. The molecule has 9 nitrogen and oxygen atoms in total. The minimum Gasteiger partial charge on any atom is -0.450 e. The molecule has 0 rings (SSSR count). The standard InChI is InChI=1S/C18H28O9/c1-3-5-7-9-11-23-17(21)26-14-15(13-25-16(19)20)27-18(22)24-12-10-8-6-4-2/h5-8,15H,3-4,9-14H2,1-2H3,(H,19,20)/b7-5-,8-6?. The summed E-state index contributed by atoms with van der Waals surface area (Å²) in [6.45, 7) is 3.27. The van der Waals surface area contributed by atoms with E-state index in [-0.39, 0.29) is 13.2 Å². The first-order chi connectivity index (χ1) is 13.0. The molecule has 0 saturated carbocycles. The van der Waals surface area contributed by atoms with Crippen LogP contribution in [0.25, 0.3) is 0 Å². The number of carboxylic acid groups (broad SMARTS) is 1. The number of ether oxygens (including phenoxy) is 5. The van der Waals surface area contributed by atoms with Crippen molar-refractivity contribution in [2.45, 2.75) is 45.6 Å². The third-order valence-electron chi connectivity index (χ3n) is 2.86. The highest BCUT2D eigenvalue weighted by atomic mass is 16.8. The molecular formula is C18H28O9. The summed E-state index contributed by atoms with van der Waals surface area (Å²) in [6.07, 6.45) is 5.75. The molecule has 0 aliphatic carbocycles. The Morgan fingerprint density at radius 2 is 1.30 bits per heavy atom. The highest BCUT2D eigenvalue weighted by Crippen LogP contribution is 2.02.